The van der Waals surface area contributed by atoms with Crippen LogP contribution in [0.15, 0.2) is 42.6 Å². The number of anilines is 1. The molecule has 0 unspecified atom stereocenters. The van der Waals surface area contributed by atoms with Crippen LogP contribution in [0.25, 0.3) is 0 Å². The highest BCUT2D eigenvalue weighted by atomic mass is 16.5. The van der Waals surface area contributed by atoms with Gasteiger partial charge in [-0.25, -0.2) is 4.98 Å². The van der Waals surface area contributed by atoms with Crippen LogP contribution in [0.2, 0.25) is 0 Å². The largest absolute Gasteiger partial charge is 0.497 e. The second kappa shape index (κ2) is 6.89. The van der Waals surface area contributed by atoms with E-state index >= 15 is 0 Å². The molecule has 0 amide bonds. The van der Waals surface area contributed by atoms with Gasteiger partial charge in [0.2, 0.25) is 0 Å². The molecular formula is C23H27N3O2. The van der Waals surface area contributed by atoms with Crippen LogP contribution >= 0.6 is 0 Å². The van der Waals surface area contributed by atoms with Gasteiger partial charge in [0.05, 0.1) is 7.11 Å². The maximum absolute atomic E-state index is 11.6. The molecule has 0 saturated carbocycles. The summed E-state index contributed by atoms with van der Waals surface area (Å²) < 4.78 is 5.49. The van der Waals surface area contributed by atoms with E-state index in [1.807, 2.05) is 18.2 Å². The highest BCUT2D eigenvalue weighted by molar-refractivity contribution is 5.93. The van der Waals surface area contributed by atoms with Gasteiger partial charge in [0, 0.05) is 36.3 Å². The van der Waals surface area contributed by atoms with Crippen molar-refractivity contribution in [3.63, 3.8) is 0 Å². The number of piperidine rings is 3. The van der Waals surface area contributed by atoms with E-state index in [4.69, 9.17) is 4.74 Å². The van der Waals surface area contributed by atoms with Gasteiger partial charge in [0.25, 0.3) is 0 Å². The molecule has 28 heavy (non-hydrogen) atoms. The summed E-state index contributed by atoms with van der Waals surface area (Å²) in [4.78, 5) is 21.5. The van der Waals surface area contributed by atoms with Gasteiger partial charge in [-0.05, 0) is 68.6 Å². The number of carbonyl (C=O) groups excluding carboxylic acids is 1. The lowest BCUT2D eigenvalue weighted by atomic mass is 9.75. The molecule has 0 aliphatic carbocycles. The number of hydrogen-bond acceptors (Lipinski definition) is 5. The van der Waals surface area contributed by atoms with E-state index in [1.54, 1.807) is 20.2 Å². The molecule has 5 heteroatoms. The summed E-state index contributed by atoms with van der Waals surface area (Å²) in [5.74, 6) is 3.15. The van der Waals surface area contributed by atoms with E-state index in [2.05, 4.69) is 33.0 Å². The fourth-order valence-electron chi connectivity index (χ4n) is 5.61. The molecule has 0 spiro atoms. The van der Waals surface area contributed by atoms with E-state index < -0.39 is 0 Å². The molecular weight excluding hydrogens is 350 g/mol. The van der Waals surface area contributed by atoms with Crippen LogP contribution in [0.5, 0.6) is 5.75 Å². The molecule has 2 bridgehead atoms. The van der Waals surface area contributed by atoms with Crippen molar-refractivity contribution in [3.8, 4) is 5.75 Å². The third kappa shape index (κ3) is 2.80. The van der Waals surface area contributed by atoms with Crippen molar-refractivity contribution in [2.24, 2.45) is 5.92 Å². The number of nitrogens with zero attached hydrogens (tertiary/aromatic N) is 3. The molecule has 1 aromatic carbocycles. The van der Waals surface area contributed by atoms with Crippen LogP contribution in [-0.4, -0.2) is 54.5 Å². The lowest BCUT2D eigenvalue weighted by molar-refractivity contribution is 0.0354. The maximum atomic E-state index is 11.6. The predicted molar refractivity (Wildman–Crippen MR) is 109 cm³/mol. The summed E-state index contributed by atoms with van der Waals surface area (Å²) in [5, 5.41) is 0. The van der Waals surface area contributed by atoms with E-state index in [1.165, 1.54) is 31.5 Å². The number of Topliss-reactive ketones (excluding diaryl/α,β-unsaturated/α-hetero) is 1. The Morgan fingerprint density at radius 2 is 1.96 bits per heavy atom. The molecule has 2 aromatic rings. The van der Waals surface area contributed by atoms with E-state index in [9.17, 15) is 4.79 Å². The third-order valence-electron chi connectivity index (χ3n) is 6.96. The normalized spacial score (nSPS) is 30.9. The monoisotopic (exact) mass is 377 g/mol. The molecule has 3 atom stereocenters. The summed E-state index contributed by atoms with van der Waals surface area (Å²) in [6, 6.07) is 13.5. The number of methoxy groups -OCH3 is 1. The molecule has 1 aromatic heterocycles. The number of benzene rings is 1. The Morgan fingerprint density at radius 3 is 2.64 bits per heavy atom. The van der Waals surface area contributed by atoms with Gasteiger partial charge in [-0.1, -0.05) is 12.1 Å². The smallest absolute Gasteiger partial charge is 0.161 e. The zero-order valence-electron chi connectivity index (χ0n) is 16.5. The molecule has 4 aliphatic heterocycles. The number of carbonyl (C=O) groups is 1. The highest BCUT2D eigenvalue weighted by Crippen LogP contribution is 2.47. The lowest BCUT2D eigenvalue weighted by Gasteiger charge is -2.51. The topological polar surface area (TPSA) is 45.7 Å². The van der Waals surface area contributed by atoms with Crippen LogP contribution in [0.4, 0.5) is 5.82 Å². The first-order valence-corrected chi connectivity index (χ1v) is 10.3. The first-order valence-electron chi connectivity index (χ1n) is 10.3. The van der Waals surface area contributed by atoms with Crippen molar-refractivity contribution in [2.45, 2.75) is 37.8 Å². The second-order valence-corrected chi connectivity index (χ2v) is 8.35. The summed E-state index contributed by atoms with van der Waals surface area (Å²) in [5.41, 5.74) is 2.03. The second-order valence-electron chi connectivity index (χ2n) is 8.35. The van der Waals surface area contributed by atoms with Crippen molar-refractivity contribution in [1.82, 2.24) is 9.88 Å². The average molecular weight is 377 g/mol. The molecule has 146 valence electrons. The Bertz CT molecular complexity index is 874. The Kier molecular flexibility index (Phi) is 4.35. The van der Waals surface area contributed by atoms with Crippen LogP contribution in [0.3, 0.4) is 0 Å². The van der Waals surface area contributed by atoms with Crippen LogP contribution in [-0.2, 0) is 0 Å². The number of pyridine rings is 1. The number of rotatable bonds is 4. The van der Waals surface area contributed by atoms with E-state index in [0.717, 1.165) is 24.0 Å². The number of hydrogen-bond donors (Lipinski definition) is 0. The Labute approximate surface area is 166 Å². The minimum Gasteiger partial charge on any atom is -0.497 e. The summed E-state index contributed by atoms with van der Waals surface area (Å²) >= 11 is 0. The van der Waals surface area contributed by atoms with Gasteiger partial charge >= 0.3 is 0 Å². The first kappa shape index (κ1) is 17.7. The third-order valence-corrected chi connectivity index (χ3v) is 6.96. The predicted octanol–water partition coefficient (Wildman–Crippen LogP) is 3.36. The van der Waals surface area contributed by atoms with Gasteiger partial charge in [0.15, 0.2) is 5.78 Å². The molecule has 4 fully saturated rings. The van der Waals surface area contributed by atoms with Crippen LogP contribution in [0.1, 0.15) is 41.6 Å². The van der Waals surface area contributed by atoms with E-state index in [-0.39, 0.29) is 5.78 Å². The van der Waals surface area contributed by atoms with Crippen molar-refractivity contribution in [1.29, 1.82) is 0 Å². The Balaban J connectivity index is 1.52. The number of aromatic nitrogens is 1. The minimum atomic E-state index is 0.0652. The van der Waals surface area contributed by atoms with Gasteiger partial charge in [-0.15, -0.1) is 0 Å². The molecule has 0 N–H and O–H groups in total. The standard InChI is InChI=1S/C23H27N3O2/c1-15(27)18-6-7-21(24-13-18)26-14-20(17-4-3-5-19(12-17)28-2)23-22(26)16-8-10-25(23)11-9-16/h3-7,12-13,16,20,22-23H,8-11,14H2,1-2H3/t20-,22+,23+/m1/s1. The fraction of sp³-hybridized carbons (Fsp3) is 0.478. The number of ketones is 1. The Hall–Kier alpha value is -2.40. The first-order chi connectivity index (χ1) is 13.7. The SMILES string of the molecule is COc1cccc([C@H]2CN(c3ccc(C(C)=O)cn3)[C@H]3C4CCN(CC4)[C@@H]23)c1. The Morgan fingerprint density at radius 1 is 1.14 bits per heavy atom. The number of fused-ring (bicyclic) bond motifs is 2. The number of ether oxygens (including phenoxy) is 1. The molecule has 4 aliphatic rings. The van der Waals surface area contributed by atoms with Gasteiger partial charge in [-0.2, -0.15) is 0 Å². The summed E-state index contributed by atoms with van der Waals surface area (Å²) in [7, 11) is 1.73. The van der Waals surface area contributed by atoms with Crippen molar-refractivity contribution >= 4 is 11.6 Å². The van der Waals surface area contributed by atoms with Gasteiger partial charge in [-0.3, -0.25) is 9.69 Å². The maximum Gasteiger partial charge on any atom is 0.161 e. The summed E-state index contributed by atoms with van der Waals surface area (Å²) in [6.07, 6.45) is 4.27. The molecule has 5 nitrogen and oxygen atoms in total. The van der Waals surface area contributed by atoms with Crippen LogP contribution < -0.4 is 9.64 Å². The van der Waals surface area contributed by atoms with Crippen LogP contribution in [0, 0.1) is 5.92 Å². The molecule has 0 radical (unpaired) electrons. The van der Waals surface area contributed by atoms with Crippen molar-refractivity contribution in [2.75, 3.05) is 31.6 Å². The quantitative estimate of drug-likeness (QED) is 0.765. The van der Waals surface area contributed by atoms with Gasteiger partial charge < -0.3 is 9.64 Å². The minimum absolute atomic E-state index is 0.0652. The molecule has 5 heterocycles. The zero-order valence-corrected chi connectivity index (χ0v) is 16.5. The molecule has 6 rings (SSSR count). The average Bonchev–Trinajstić information content (AvgIpc) is 3.18. The van der Waals surface area contributed by atoms with Gasteiger partial charge in [0.1, 0.15) is 11.6 Å². The van der Waals surface area contributed by atoms with E-state index in [0.29, 0.717) is 23.6 Å². The van der Waals surface area contributed by atoms with Crippen molar-refractivity contribution in [3.05, 3.63) is 53.7 Å². The lowest BCUT2D eigenvalue weighted by Crippen LogP contribution is -2.60. The zero-order chi connectivity index (χ0) is 19.3. The van der Waals surface area contributed by atoms with Crippen molar-refractivity contribution < 1.29 is 9.53 Å². The highest BCUT2D eigenvalue weighted by Gasteiger charge is 2.53. The molecule has 4 saturated heterocycles. The summed E-state index contributed by atoms with van der Waals surface area (Å²) in [6.45, 7) is 4.96. The fourth-order valence-corrected chi connectivity index (χ4v) is 5.61.